The van der Waals surface area contributed by atoms with E-state index in [0.717, 1.165) is 12.5 Å². The van der Waals surface area contributed by atoms with Gasteiger partial charge in [0.05, 0.1) is 0 Å². The SMILES string of the molecule is CC12CCC(C1)C(C)(C)C2NCc1cc(Cl)cc(Cl)c1. The summed E-state index contributed by atoms with van der Waals surface area (Å²) in [6.45, 7) is 8.14. The molecule has 2 bridgehead atoms. The Morgan fingerprint density at radius 2 is 1.80 bits per heavy atom. The molecule has 1 aromatic rings. The zero-order valence-corrected chi connectivity index (χ0v) is 14.0. The van der Waals surface area contributed by atoms with E-state index in [2.05, 4.69) is 26.1 Å². The van der Waals surface area contributed by atoms with Crippen LogP contribution in [0.5, 0.6) is 0 Å². The minimum absolute atomic E-state index is 0.384. The zero-order chi connectivity index (χ0) is 14.5. The van der Waals surface area contributed by atoms with Crippen LogP contribution in [0.25, 0.3) is 0 Å². The predicted molar refractivity (Wildman–Crippen MR) is 86.3 cm³/mol. The van der Waals surface area contributed by atoms with E-state index in [0.29, 0.717) is 26.9 Å². The summed E-state index contributed by atoms with van der Waals surface area (Å²) in [5, 5.41) is 5.23. The van der Waals surface area contributed by atoms with Crippen LogP contribution in [0.15, 0.2) is 18.2 Å². The number of rotatable bonds is 3. The van der Waals surface area contributed by atoms with Gasteiger partial charge in [0, 0.05) is 22.6 Å². The van der Waals surface area contributed by atoms with Crippen LogP contribution in [0, 0.1) is 16.7 Å². The molecule has 3 rings (SSSR count). The molecule has 0 heterocycles. The van der Waals surface area contributed by atoms with E-state index in [-0.39, 0.29) is 0 Å². The van der Waals surface area contributed by atoms with Crippen LogP contribution in [-0.4, -0.2) is 6.04 Å². The van der Waals surface area contributed by atoms with E-state index in [1.807, 2.05) is 12.1 Å². The van der Waals surface area contributed by atoms with Gasteiger partial charge in [0.1, 0.15) is 0 Å². The summed E-state index contributed by atoms with van der Waals surface area (Å²) in [4.78, 5) is 0. The van der Waals surface area contributed by atoms with E-state index >= 15 is 0 Å². The molecule has 1 N–H and O–H groups in total. The lowest BCUT2D eigenvalue weighted by Crippen LogP contribution is -2.49. The lowest BCUT2D eigenvalue weighted by molar-refractivity contribution is 0.108. The Morgan fingerprint density at radius 3 is 2.35 bits per heavy atom. The summed E-state index contributed by atoms with van der Waals surface area (Å²) in [6.07, 6.45) is 4.12. The molecule has 3 atom stereocenters. The van der Waals surface area contributed by atoms with Gasteiger partial charge < -0.3 is 5.32 Å². The number of hydrogen-bond acceptors (Lipinski definition) is 1. The Hall–Kier alpha value is -0.240. The number of halogens is 2. The van der Waals surface area contributed by atoms with Crippen molar-refractivity contribution in [3.63, 3.8) is 0 Å². The molecule has 0 aliphatic heterocycles. The fourth-order valence-electron chi connectivity index (χ4n) is 4.74. The van der Waals surface area contributed by atoms with Crippen LogP contribution >= 0.6 is 23.2 Å². The second-order valence-electron chi connectivity index (χ2n) is 7.51. The number of nitrogens with one attached hydrogen (secondary N) is 1. The van der Waals surface area contributed by atoms with Gasteiger partial charge in [0.25, 0.3) is 0 Å². The van der Waals surface area contributed by atoms with E-state index in [9.17, 15) is 0 Å². The van der Waals surface area contributed by atoms with Gasteiger partial charge in [-0.2, -0.15) is 0 Å². The highest BCUT2D eigenvalue weighted by molar-refractivity contribution is 6.34. The molecular formula is C17H23Cl2N. The van der Waals surface area contributed by atoms with E-state index in [1.54, 1.807) is 6.07 Å². The normalized spacial score (nSPS) is 34.6. The fourth-order valence-corrected chi connectivity index (χ4v) is 5.32. The predicted octanol–water partition coefficient (Wildman–Crippen LogP) is 5.30. The van der Waals surface area contributed by atoms with Crippen molar-refractivity contribution in [1.29, 1.82) is 0 Å². The molecule has 0 amide bonds. The molecule has 2 aliphatic rings. The van der Waals surface area contributed by atoms with Crippen LogP contribution < -0.4 is 5.32 Å². The smallest absolute Gasteiger partial charge is 0.0424 e. The summed E-state index contributed by atoms with van der Waals surface area (Å²) in [7, 11) is 0. The van der Waals surface area contributed by atoms with Gasteiger partial charge in [-0.25, -0.2) is 0 Å². The highest BCUT2D eigenvalue weighted by Crippen LogP contribution is 2.62. The Kier molecular flexibility index (Phi) is 3.60. The Bertz CT molecular complexity index is 501. The fraction of sp³-hybridized carbons (Fsp3) is 0.647. The van der Waals surface area contributed by atoms with Crippen molar-refractivity contribution < 1.29 is 0 Å². The Balaban J connectivity index is 1.75. The van der Waals surface area contributed by atoms with Crippen molar-refractivity contribution >= 4 is 23.2 Å². The maximum absolute atomic E-state index is 6.08. The van der Waals surface area contributed by atoms with Gasteiger partial charge in [0.15, 0.2) is 0 Å². The molecule has 0 aromatic heterocycles. The number of benzene rings is 1. The monoisotopic (exact) mass is 311 g/mol. The molecule has 1 aromatic carbocycles. The highest BCUT2D eigenvalue weighted by Gasteiger charge is 2.58. The summed E-state index contributed by atoms with van der Waals surface area (Å²) in [5.41, 5.74) is 2.01. The Morgan fingerprint density at radius 1 is 1.15 bits per heavy atom. The molecule has 0 spiro atoms. The van der Waals surface area contributed by atoms with E-state index in [4.69, 9.17) is 23.2 Å². The van der Waals surface area contributed by atoms with Gasteiger partial charge in [-0.15, -0.1) is 0 Å². The minimum Gasteiger partial charge on any atom is -0.309 e. The van der Waals surface area contributed by atoms with Gasteiger partial charge in [-0.1, -0.05) is 44.0 Å². The second-order valence-corrected chi connectivity index (χ2v) is 8.38. The largest absolute Gasteiger partial charge is 0.309 e. The lowest BCUT2D eigenvalue weighted by Gasteiger charge is -2.43. The lowest BCUT2D eigenvalue weighted by atomic mass is 9.68. The van der Waals surface area contributed by atoms with Crippen LogP contribution in [0.1, 0.15) is 45.6 Å². The third-order valence-corrected chi connectivity index (χ3v) is 6.14. The minimum atomic E-state index is 0.384. The highest BCUT2D eigenvalue weighted by atomic mass is 35.5. The van der Waals surface area contributed by atoms with Crippen molar-refractivity contribution in [2.24, 2.45) is 16.7 Å². The Labute approximate surface area is 132 Å². The molecule has 2 fully saturated rings. The first-order chi connectivity index (χ1) is 9.31. The summed E-state index contributed by atoms with van der Waals surface area (Å²) < 4.78 is 0. The van der Waals surface area contributed by atoms with Crippen molar-refractivity contribution in [3.05, 3.63) is 33.8 Å². The van der Waals surface area contributed by atoms with Gasteiger partial charge >= 0.3 is 0 Å². The van der Waals surface area contributed by atoms with E-state index < -0.39 is 0 Å². The summed E-state index contributed by atoms with van der Waals surface area (Å²) in [5.74, 6) is 0.868. The van der Waals surface area contributed by atoms with E-state index in [1.165, 1.54) is 24.8 Å². The van der Waals surface area contributed by atoms with Crippen molar-refractivity contribution in [1.82, 2.24) is 5.32 Å². The molecule has 3 unspecified atom stereocenters. The molecule has 0 saturated heterocycles. The maximum Gasteiger partial charge on any atom is 0.0424 e. The maximum atomic E-state index is 6.08. The van der Waals surface area contributed by atoms with Crippen LogP contribution in [-0.2, 0) is 6.54 Å². The van der Waals surface area contributed by atoms with Gasteiger partial charge in [0.2, 0.25) is 0 Å². The molecule has 20 heavy (non-hydrogen) atoms. The average Bonchev–Trinajstić information content (AvgIpc) is 2.78. The number of hydrogen-bond donors (Lipinski definition) is 1. The van der Waals surface area contributed by atoms with Crippen molar-refractivity contribution in [3.8, 4) is 0 Å². The topological polar surface area (TPSA) is 12.0 Å². The van der Waals surface area contributed by atoms with Crippen molar-refractivity contribution in [2.45, 2.75) is 52.6 Å². The standard InChI is InChI=1S/C17H23Cl2N/c1-16(2)12-4-5-17(3,9-12)15(16)20-10-11-6-13(18)8-14(19)7-11/h6-8,12,15,20H,4-5,9-10H2,1-3H3. The molecule has 2 aliphatic carbocycles. The molecule has 3 heteroatoms. The molecule has 110 valence electrons. The summed E-state index contributed by atoms with van der Waals surface area (Å²) in [6, 6.07) is 6.37. The summed E-state index contributed by atoms with van der Waals surface area (Å²) >= 11 is 12.2. The third kappa shape index (κ3) is 2.38. The molecule has 0 radical (unpaired) electrons. The first kappa shape index (κ1) is 14.7. The molecular weight excluding hydrogens is 289 g/mol. The first-order valence-electron chi connectivity index (χ1n) is 7.50. The van der Waals surface area contributed by atoms with Crippen LogP contribution in [0.3, 0.4) is 0 Å². The number of fused-ring (bicyclic) bond motifs is 2. The first-order valence-corrected chi connectivity index (χ1v) is 8.25. The quantitative estimate of drug-likeness (QED) is 0.799. The average molecular weight is 312 g/mol. The zero-order valence-electron chi connectivity index (χ0n) is 12.5. The molecule has 2 saturated carbocycles. The third-order valence-electron chi connectivity index (χ3n) is 5.70. The van der Waals surface area contributed by atoms with Crippen LogP contribution in [0.2, 0.25) is 10.0 Å². The van der Waals surface area contributed by atoms with Gasteiger partial charge in [-0.05, 0) is 59.8 Å². The van der Waals surface area contributed by atoms with Crippen LogP contribution in [0.4, 0.5) is 0 Å². The molecule has 1 nitrogen and oxygen atoms in total. The van der Waals surface area contributed by atoms with Gasteiger partial charge in [-0.3, -0.25) is 0 Å². The van der Waals surface area contributed by atoms with Crippen molar-refractivity contribution in [2.75, 3.05) is 0 Å². The second kappa shape index (κ2) is 4.90.